The molecule has 0 unspecified atom stereocenters. The van der Waals surface area contributed by atoms with Crippen LogP contribution in [0.5, 0.6) is 0 Å². The number of urea groups is 1. The van der Waals surface area contributed by atoms with Crippen LogP contribution in [0.15, 0.2) is 23.3 Å². The second kappa shape index (κ2) is 6.05. The van der Waals surface area contributed by atoms with Gasteiger partial charge in [-0.3, -0.25) is 10.2 Å². The fourth-order valence-electron chi connectivity index (χ4n) is 1.73. The third-order valence-electron chi connectivity index (χ3n) is 2.56. The second-order valence-electron chi connectivity index (χ2n) is 4.34. The van der Waals surface area contributed by atoms with Crippen LogP contribution in [-0.2, 0) is 0 Å². The average Bonchev–Trinajstić information content (AvgIpc) is 2.27. The molecular formula is C13H20N4O. The fourth-order valence-corrected chi connectivity index (χ4v) is 1.73. The zero-order chi connectivity index (χ0) is 13.7. The Morgan fingerprint density at radius 1 is 1.22 bits per heavy atom. The van der Waals surface area contributed by atoms with Gasteiger partial charge in [-0.15, -0.1) is 0 Å². The predicted octanol–water partition coefficient (Wildman–Crippen LogP) is 1.95. The monoisotopic (exact) mass is 248 g/mol. The normalized spacial score (nSPS) is 10.5. The Morgan fingerprint density at radius 3 is 2.28 bits per heavy atom. The van der Waals surface area contributed by atoms with Gasteiger partial charge < -0.3 is 5.01 Å². The Kier molecular flexibility index (Phi) is 4.71. The summed E-state index contributed by atoms with van der Waals surface area (Å²) in [5, 5.41) is 8.17. The van der Waals surface area contributed by atoms with Crippen molar-refractivity contribution in [3.05, 3.63) is 29.3 Å². The number of nitrogens with zero attached hydrogens (tertiary/aromatic N) is 3. The van der Waals surface area contributed by atoms with Crippen molar-refractivity contribution in [2.45, 2.75) is 13.8 Å². The summed E-state index contributed by atoms with van der Waals surface area (Å²) in [5.41, 5.74) is 3.06. The molecular weight excluding hydrogens is 228 g/mol. The smallest absolute Gasteiger partial charge is 0.302 e. The number of carbonyl (C=O) groups excluding carboxylic acids is 1. The van der Waals surface area contributed by atoms with Crippen molar-refractivity contribution in [2.75, 3.05) is 26.0 Å². The van der Waals surface area contributed by atoms with E-state index in [-0.39, 0.29) is 6.03 Å². The minimum atomic E-state index is -0.210. The molecule has 0 saturated carbocycles. The van der Waals surface area contributed by atoms with Crippen LogP contribution >= 0.6 is 0 Å². The van der Waals surface area contributed by atoms with E-state index < -0.39 is 0 Å². The molecule has 1 aromatic rings. The molecule has 2 amide bonds. The molecule has 98 valence electrons. The van der Waals surface area contributed by atoms with Gasteiger partial charge >= 0.3 is 6.03 Å². The number of hydrogen-bond acceptors (Lipinski definition) is 3. The Hall–Kier alpha value is -2.04. The number of nitrogens with one attached hydrogen (secondary N) is 1. The molecule has 18 heavy (non-hydrogen) atoms. The third kappa shape index (κ3) is 3.48. The number of anilines is 1. The Bertz CT molecular complexity index is 434. The van der Waals surface area contributed by atoms with Gasteiger partial charge in [0.2, 0.25) is 0 Å². The fraction of sp³-hybridized carbons (Fsp3) is 0.385. The number of carbonyl (C=O) groups is 1. The zero-order valence-corrected chi connectivity index (χ0v) is 11.6. The summed E-state index contributed by atoms with van der Waals surface area (Å²) in [4.78, 5) is 13.5. The van der Waals surface area contributed by atoms with E-state index >= 15 is 0 Å². The molecule has 0 atom stereocenters. The summed E-state index contributed by atoms with van der Waals surface area (Å²) in [6.07, 6.45) is 1.38. The summed E-state index contributed by atoms with van der Waals surface area (Å²) in [6, 6.07) is 5.74. The maximum Gasteiger partial charge on any atom is 0.326 e. The number of benzene rings is 1. The molecule has 0 saturated heterocycles. The van der Waals surface area contributed by atoms with Crippen molar-refractivity contribution in [3.63, 3.8) is 0 Å². The molecule has 1 aromatic carbocycles. The van der Waals surface area contributed by atoms with Crippen LogP contribution in [0.2, 0.25) is 0 Å². The van der Waals surface area contributed by atoms with Crippen molar-refractivity contribution in [3.8, 4) is 0 Å². The Labute approximate surface area is 108 Å². The summed E-state index contributed by atoms with van der Waals surface area (Å²) in [5.74, 6) is 0. The Balaban J connectivity index is 2.81. The molecule has 5 nitrogen and oxygen atoms in total. The first-order valence-corrected chi connectivity index (χ1v) is 5.73. The van der Waals surface area contributed by atoms with Crippen molar-refractivity contribution >= 4 is 18.1 Å². The summed E-state index contributed by atoms with van der Waals surface area (Å²) in [6.45, 7) is 3.97. The second-order valence-corrected chi connectivity index (χ2v) is 4.34. The van der Waals surface area contributed by atoms with Crippen molar-refractivity contribution < 1.29 is 4.79 Å². The maximum atomic E-state index is 11.9. The lowest BCUT2D eigenvalue weighted by Crippen LogP contribution is -2.37. The van der Waals surface area contributed by atoms with Crippen molar-refractivity contribution in [1.29, 1.82) is 0 Å². The lowest BCUT2D eigenvalue weighted by Gasteiger charge is -2.21. The van der Waals surface area contributed by atoms with Crippen molar-refractivity contribution in [2.24, 2.45) is 5.10 Å². The number of hydrogen-bond donors (Lipinski definition) is 1. The highest BCUT2D eigenvalue weighted by Crippen LogP contribution is 2.23. The maximum absolute atomic E-state index is 11.9. The van der Waals surface area contributed by atoms with E-state index in [0.717, 1.165) is 16.8 Å². The standard InChI is InChI=1S/C13H20N4O/c1-10-7-6-8-11(2)12(10)17(5)13(18)14-9-15-16(3)4/h6-9H,1-5H3,(H,14,15,18). The molecule has 0 spiro atoms. The van der Waals surface area contributed by atoms with Gasteiger partial charge in [0.15, 0.2) is 0 Å². The van der Waals surface area contributed by atoms with Gasteiger partial charge in [0.05, 0.1) is 5.69 Å². The zero-order valence-electron chi connectivity index (χ0n) is 11.6. The number of aryl methyl sites for hydroxylation is 2. The summed E-state index contributed by atoms with van der Waals surface area (Å²) in [7, 11) is 5.32. The highest BCUT2D eigenvalue weighted by atomic mass is 16.2. The van der Waals surface area contributed by atoms with E-state index in [1.54, 1.807) is 31.1 Å². The highest BCUT2D eigenvalue weighted by Gasteiger charge is 2.13. The largest absolute Gasteiger partial charge is 0.326 e. The average molecular weight is 248 g/mol. The van der Waals surface area contributed by atoms with Crippen LogP contribution in [0.3, 0.4) is 0 Å². The molecule has 0 heterocycles. The minimum absolute atomic E-state index is 0.210. The lowest BCUT2D eigenvalue weighted by atomic mass is 10.1. The van der Waals surface area contributed by atoms with E-state index in [2.05, 4.69) is 10.4 Å². The van der Waals surface area contributed by atoms with Crippen LogP contribution in [0, 0.1) is 13.8 Å². The topological polar surface area (TPSA) is 47.9 Å². The molecule has 0 aliphatic carbocycles. The van der Waals surface area contributed by atoms with Gasteiger partial charge in [-0.25, -0.2) is 4.79 Å². The van der Waals surface area contributed by atoms with E-state index in [9.17, 15) is 4.79 Å². The number of amides is 2. The van der Waals surface area contributed by atoms with Gasteiger partial charge in [-0.1, -0.05) is 18.2 Å². The van der Waals surface area contributed by atoms with Crippen molar-refractivity contribution in [1.82, 2.24) is 10.3 Å². The van der Waals surface area contributed by atoms with E-state index in [1.807, 2.05) is 32.0 Å². The molecule has 0 radical (unpaired) electrons. The first kappa shape index (κ1) is 14.0. The molecule has 1 N–H and O–H groups in total. The number of para-hydroxylation sites is 1. The van der Waals surface area contributed by atoms with Crippen LogP contribution in [0.4, 0.5) is 10.5 Å². The molecule has 0 aliphatic heterocycles. The third-order valence-corrected chi connectivity index (χ3v) is 2.56. The molecule has 0 aliphatic rings. The lowest BCUT2D eigenvalue weighted by molar-refractivity contribution is 0.251. The molecule has 0 aromatic heterocycles. The van der Waals surface area contributed by atoms with E-state index in [1.165, 1.54) is 6.34 Å². The number of hydrazone groups is 1. The highest BCUT2D eigenvalue weighted by molar-refractivity contribution is 5.98. The first-order chi connectivity index (χ1) is 8.43. The van der Waals surface area contributed by atoms with Gasteiger partial charge in [-0.05, 0) is 25.0 Å². The molecule has 0 fully saturated rings. The van der Waals surface area contributed by atoms with Crippen LogP contribution < -0.4 is 10.2 Å². The van der Waals surface area contributed by atoms with Crippen LogP contribution in [0.1, 0.15) is 11.1 Å². The quantitative estimate of drug-likeness (QED) is 0.505. The predicted molar refractivity (Wildman–Crippen MR) is 75.0 cm³/mol. The summed E-state index contributed by atoms with van der Waals surface area (Å²) >= 11 is 0. The van der Waals surface area contributed by atoms with Gasteiger partial charge in [-0.2, -0.15) is 5.10 Å². The minimum Gasteiger partial charge on any atom is -0.302 e. The van der Waals surface area contributed by atoms with Gasteiger partial charge in [0.25, 0.3) is 0 Å². The molecule has 5 heteroatoms. The number of rotatable bonds is 3. The van der Waals surface area contributed by atoms with Gasteiger partial charge in [0, 0.05) is 21.1 Å². The SMILES string of the molecule is Cc1cccc(C)c1N(C)C(=O)NC=NN(C)C. The summed E-state index contributed by atoms with van der Waals surface area (Å²) < 4.78 is 0. The van der Waals surface area contributed by atoms with E-state index in [0.29, 0.717) is 0 Å². The first-order valence-electron chi connectivity index (χ1n) is 5.73. The van der Waals surface area contributed by atoms with Gasteiger partial charge in [0.1, 0.15) is 6.34 Å². The van der Waals surface area contributed by atoms with E-state index in [4.69, 9.17) is 0 Å². The van der Waals surface area contributed by atoms with Crippen LogP contribution in [-0.4, -0.2) is 38.5 Å². The van der Waals surface area contributed by atoms with Crippen LogP contribution in [0.25, 0.3) is 0 Å². The Morgan fingerprint density at radius 2 is 1.78 bits per heavy atom. The molecule has 0 bridgehead atoms. The molecule has 1 rings (SSSR count).